The maximum atomic E-state index is 12.2. The zero-order valence-corrected chi connectivity index (χ0v) is 13.4. The van der Waals surface area contributed by atoms with E-state index in [2.05, 4.69) is 6.92 Å². The summed E-state index contributed by atoms with van der Waals surface area (Å²) in [5, 5.41) is 9.28. The third kappa shape index (κ3) is 4.88. The van der Waals surface area contributed by atoms with Gasteiger partial charge in [0.2, 0.25) is 0 Å². The first-order valence-corrected chi connectivity index (χ1v) is 7.58. The molecule has 2 rings (SSSR count). The molecule has 4 heteroatoms. The van der Waals surface area contributed by atoms with Crippen molar-refractivity contribution in [1.29, 1.82) is 0 Å². The summed E-state index contributed by atoms with van der Waals surface area (Å²) in [7, 11) is 1.70. The van der Waals surface area contributed by atoms with E-state index in [9.17, 15) is 9.90 Å². The predicted octanol–water partition coefficient (Wildman–Crippen LogP) is 3.86. The fraction of sp³-hybridized carbons (Fsp3) is 0.211. The van der Waals surface area contributed by atoms with E-state index < -0.39 is 0 Å². The number of phenolic OH excluding ortho intramolecular Hbond substituents is 1. The first-order chi connectivity index (χ1) is 11.1. The van der Waals surface area contributed by atoms with Gasteiger partial charge in [-0.3, -0.25) is 4.79 Å². The number of rotatable bonds is 6. The second-order valence-electron chi connectivity index (χ2n) is 5.16. The highest BCUT2D eigenvalue weighted by molar-refractivity contribution is 6.03. The highest BCUT2D eigenvalue weighted by atomic mass is 16.5. The van der Waals surface area contributed by atoms with E-state index in [-0.39, 0.29) is 11.7 Å². The summed E-state index contributed by atoms with van der Waals surface area (Å²) >= 11 is 0. The summed E-state index contributed by atoms with van der Waals surface area (Å²) in [4.78, 5) is 13.7. The Morgan fingerprint density at radius 1 is 1.13 bits per heavy atom. The van der Waals surface area contributed by atoms with Crippen LogP contribution in [0.15, 0.2) is 54.6 Å². The average molecular weight is 311 g/mol. The van der Waals surface area contributed by atoms with E-state index in [1.54, 1.807) is 37.4 Å². The maximum absolute atomic E-state index is 12.2. The molecule has 1 amide bonds. The van der Waals surface area contributed by atoms with Crippen LogP contribution in [0.2, 0.25) is 0 Å². The summed E-state index contributed by atoms with van der Waals surface area (Å²) in [6.45, 7) is 2.76. The van der Waals surface area contributed by atoms with Crippen molar-refractivity contribution in [3.63, 3.8) is 0 Å². The zero-order valence-electron chi connectivity index (χ0n) is 13.4. The van der Waals surface area contributed by atoms with Crippen LogP contribution in [-0.4, -0.2) is 24.7 Å². The number of carbonyl (C=O) groups is 1. The Labute approximate surface area is 136 Å². The van der Waals surface area contributed by atoms with Crippen molar-refractivity contribution in [2.45, 2.75) is 13.3 Å². The average Bonchev–Trinajstić information content (AvgIpc) is 2.58. The number of anilines is 1. The van der Waals surface area contributed by atoms with Gasteiger partial charge < -0.3 is 14.7 Å². The smallest absolute Gasteiger partial charge is 0.250 e. The summed E-state index contributed by atoms with van der Waals surface area (Å²) in [6.07, 6.45) is 4.26. The Bertz CT molecular complexity index is 660. The normalized spacial score (nSPS) is 10.7. The third-order valence-electron chi connectivity index (χ3n) is 3.34. The third-order valence-corrected chi connectivity index (χ3v) is 3.34. The molecule has 0 bridgehead atoms. The number of hydrogen-bond acceptors (Lipinski definition) is 3. The van der Waals surface area contributed by atoms with Crippen LogP contribution >= 0.6 is 0 Å². The minimum atomic E-state index is -0.137. The van der Waals surface area contributed by atoms with Crippen molar-refractivity contribution in [2.24, 2.45) is 0 Å². The fourth-order valence-corrected chi connectivity index (χ4v) is 1.98. The van der Waals surface area contributed by atoms with Gasteiger partial charge in [-0.15, -0.1) is 0 Å². The van der Waals surface area contributed by atoms with Crippen LogP contribution in [0.5, 0.6) is 11.5 Å². The molecule has 0 aliphatic rings. The van der Waals surface area contributed by atoms with Crippen LogP contribution < -0.4 is 9.64 Å². The van der Waals surface area contributed by atoms with E-state index >= 15 is 0 Å². The number of likely N-dealkylation sites (N-methyl/N-ethyl adjacent to an activating group) is 1. The quantitative estimate of drug-likeness (QED) is 0.824. The van der Waals surface area contributed by atoms with Gasteiger partial charge in [-0.05, 0) is 54.5 Å². The molecular formula is C19H21NO3. The standard InChI is InChI=1S/C19H21NO3/c1-3-14-23-18-11-4-15(5-12-18)6-13-19(22)20(2)16-7-9-17(21)10-8-16/h4-13,21H,3,14H2,1-2H3/b13-6+. The molecule has 0 unspecified atom stereocenters. The van der Waals surface area contributed by atoms with Gasteiger partial charge in [-0.25, -0.2) is 0 Å². The molecule has 0 heterocycles. The fourth-order valence-electron chi connectivity index (χ4n) is 1.98. The number of benzene rings is 2. The van der Waals surface area contributed by atoms with Crippen molar-refractivity contribution in [3.05, 3.63) is 60.2 Å². The molecule has 2 aromatic carbocycles. The molecule has 0 radical (unpaired) electrons. The zero-order chi connectivity index (χ0) is 16.7. The molecule has 0 aliphatic heterocycles. The Morgan fingerprint density at radius 3 is 2.39 bits per heavy atom. The lowest BCUT2D eigenvalue weighted by molar-refractivity contribution is -0.113. The number of carbonyl (C=O) groups excluding carboxylic acids is 1. The van der Waals surface area contributed by atoms with Gasteiger partial charge in [0.15, 0.2) is 0 Å². The van der Waals surface area contributed by atoms with E-state index in [0.29, 0.717) is 6.61 Å². The molecule has 0 aromatic heterocycles. The van der Waals surface area contributed by atoms with E-state index in [4.69, 9.17) is 4.74 Å². The number of nitrogens with zero attached hydrogens (tertiary/aromatic N) is 1. The van der Waals surface area contributed by atoms with Gasteiger partial charge in [0.1, 0.15) is 11.5 Å². The number of ether oxygens (including phenoxy) is 1. The van der Waals surface area contributed by atoms with Crippen LogP contribution in [-0.2, 0) is 4.79 Å². The van der Waals surface area contributed by atoms with Gasteiger partial charge in [0.05, 0.1) is 6.61 Å². The molecule has 2 aromatic rings. The lowest BCUT2D eigenvalue weighted by Gasteiger charge is -2.15. The Hall–Kier alpha value is -2.75. The molecule has 0 fully saturated rings. The highest BCUT2D eigenvalue weighted by Crippen LogP contribution is 2.18. The van der Waals surface area contributed by atoms with E-state index in [0.717, 1.165) is 23.4 Å². The Morgan fingerprint density at radius 2 is 1.78 bits per heavy atom. The molecule has 1 N–H and O–H groups in total. The van der Waals surface area contributed by atoms with Crippen LogP contribution in [0.1, 0.15) is 18.9 Å². The minimum absolute atomic E-state index is 0.137. The summed E-state index contributed by atoms with van der Waals surface area (Å²) in [6, 6.07) is 14.1. The molecule has 0 atom stereocenters. The van der Waals surface area contributed by atoms with Gasteiger partial charge in [-0.1, -0.05) is 19.1 Å². The van der Waals surface area contributed by atoms with Crippen molar-refractivity contribution < 1.29 is 14.6 Å². The van der Waals surface area contributed by atoms with Crippen molar-refractivity contribution in [1.82, 2.24) is 0 Å². The van der Waals surface area contributed by atoms with Crippen LogP contribution in [0.4, 0.5) is 5.69 Å². The van der Waals surface area contributed by atoms with Crippen LogP contribution in [0.3, 0.4) is 0 Å². The summed E-state index contributed by atoms with van der Waals surface area (Å²) < 4.78 is 5.52. The topological polar surface area (TPSA) is 49.8 Å². The molecule has 120 valence electrons. The lowest BCUT2D eigenvalue weighted by Crippen LogP contribution is -2.23. The van der Waals surface area contributed by atoms with E-state index in [1.807, 2.05) is 24.3 Å². The van der Waals surface area contributed by atoms with Crippen LogP contribution in [0, 0.1) is 0 Å². The number of aromatic hydroxyl groups is 1. The number of phenols is 1. The maximum Gasteiger partial charge on any atom is 0.250 e. The molecule has 0 aliphatic carbocycles. The SMILES string of the molecule is CCCOc1ccc(/C=C/C(=O)N(C)c2ccc(O)cc2)cc1. The van der Waals surface area contributed by atoms with Gasteiger partial charge in [0.25, 0.3) is 5.91 Å². The minimum Gasteiger partial charge on any atom is -0.508 e. The molecule has 23 heavy (non-hydrogen) atoms. The predicted molar refractivity (Wildman–Crippen MR) is 92.8 cm³/mol. The Balaban J connectivity index is 1.98. The van der Waals surface area contributed by atoms with Crippen molar-refractivity contribution in [2.75, 3.05) is 18.6 Å². The highest BCUT2D eigenvalue weighted by Gasteiger charge is 2.07. The van der Waals surface area contributed by atoms with E-state index in [1.165, 1.54) is 11.0 Å². The largest absolute Gasteiger partial charge is 0.508 e. The monoisotopic (exact) mass is 311 g/mol. The second-order valence-corrected chi connectivity index (χ2v) is 5.16. The van der Waals surface area contributed by atoms with Gasteiger partial charge in [-0.2, -0.15) is 0 Å². The Kier molecular flexibility index (Phi) is 5.80. The first-order valence-electron chi connectivity index (χ1n) is 7.58. The van der Waals surface area contributed by atoms with Gasteiger partial charge >= 0.3 is 0 Å². The lowest BCUT2D eigenvalue weighted by atomic mass is 10.2. The number of hydrogen-bond donors (Lipinski definition) is 1. The summed E-state index contributed by atoms with van der Waals surface area (Å²) in [5.74, 6) is 0.869. The molecular weight excluding hydrogens is 290 g/mol. The molecule has 0 spiro atoms. The molecule has 4 nitrogen and oxygen atoms in total. The number of amides is 1. The molecule has 0 saturated carbocycles. The van der Waals surface area contributed by atoms with Gasteiger partial charge in [0, 0.05) is 18.8 Å². The van der Waals surface area contributed by atoms with Crippen LogP contribution in [0.25, 0.3) is 6.08 Å². The first kappa shape index (κ1) is 16.6. The van der Waals surface area contributed by atoms with Crippen molar-refractivity contribution in [3.8, 4) is 11.5 Å². The molecule has 0 saturated heterocycles. The summed E-state index contributed by atoms with van der Waals surface area (Å²) in [5.41, 5.74) is 1.65. The van der Waals surface area contributed by atoms with Crippen molar-refractivity contribution >= 4 is 17.7 Å². The second kappa shape index (κ2) is 8.03.